The topological polar surface area (TPSA) is 37.8 Å². The van der Waals surface area contributed by atoms with E-state index >= 15 is 0 Å². The zero-order chi connectivity index (χ0) is 13.8. The summed E-state index contributed by atoms with van der Waals surface area (Å²) in [5, 5.41) is 12.4. The summed E-state index contributed by atoms with van der Waals surface area (Å²) in [6.45, 7) is 5.73. The largest absolute Gasteiger partial charge is 0.310 e. The normalized spacial score (nSPS) is 11.2. The van der Waals surface area contributed by atoms with Crippen LogP contribution in [-0.4, -0.2) is 16.7 Å². The lowest BCUT2D eigenvalue weighted by molar-refractivity contribution is 0.550. The molecule has 6 heteroatoms. The minimum Gasteiger partial charge on any atom is -0.310 e. The highest BCUT2D eigenvalue weighted by Crippen LogP contribution is 2.26. The molecule has 1 heterocycles. The van der Waals surface area contributed by atoms with Gasteiger partial charge < -0.3 is 5.32 Å². The molecule has 1 N–H and O–H groups in total. The van der Waals surface area contributed by atoms with Crippen LogP contribution in [0.1, 0.15) is 18.9 Å². The first kappa shape index (κ1) is 14.0. The average molecular weight is 283 g/mol. The Labute approximate surface area is 114 Å². The number of halogens is 2. The fourth-order valence-electron chi connectivity index (χ4n) is 1.56. The Bertz CT molecular complexity index is 555. The van der Waals surface area contributed by atoms with Crippen molar-refractivity contribution < 1.29 is 8.78 Å². The van der Waals surface area contributed by atoms with Crippen LogP contribution in [0.4, 0.5) is 8.78 Å². The van der Waals surface area contributed by atoms with Crippen LogP contribution in [-0.2, 0) is 6.54 Å². The number of hydrogen-bond donors (Lipinski definition) is 1. The van der Waals surface area contributed by atoms with Crippen LogP contribution < -0.4 is 5.32 Å². The Kier molecular flexibility index (Phi) is 4.55. The molecule has 0 spiro atoms. The second-order valence-corrected chi connectivity index (χ2v) is 5.71. The summed E-state index contributed by atoms with van der Waals surface area (Å²) in [6, 6.07) is 3.46. The van der Waals surface area contributed by atoms with Gasteiger partial charge in [-0.05, 0) is 24.6 Å². The third-order valence-electron chi connectivity index (χ3n) is 2.46. The smallest absolute Gasteiger partial charge is 0.150 e. The highest BCUT2D eigenvalue weighted by atomic mass is 32.1. The van der Waals surface area contributed by atoms with Gasteiger partial charge in [0.25, 0.3) is 0 Å². The molecule has 0 radical (unpaired) electrons. The fourth-order valence-corrected chi connectivity index (χ4v) is 2.40. The monoisotopic (exact) mass is 283 g/mol. The molecule has 0 aliphatic heterocycles. The molecule has 0 amide bonds. The number of rotatable bonds is 5. The standard InChI is InChI=1S/C13H15F2N3S/c1-8(2)6-16-7-12-17-18-13(19-12)10-4-3-9(14)5-11(10)15/h3-5,8,16H,6-7H2,1-2H3. The quantitative estimate of drug-likeness (QED) is 0.915. The molecule has 2 aromatic rings. The summed E-state index contributed by atoms with van der Waals surface area (Å²) in [5.41, 5.74) is 0.286. The van der Waals surface area contributed by atoms with E-state index in [-0.39, 0.29) is 5.56 Å². The van der Waals surface area contributed by atoms with Crippen molar-refractivity contribution in [1.29, 1.82) is 0 Å². The molecule has 0 unspecified atom stereocenters. The van der Waals surface area contributed by atoms with Crippen LogP contribution >= 0.6 is 11.3 Å². The minimum absolute atomic E-state index is 0.286. The van der Waals surface area contributed by atoms with E-state index in [4.69, 9.17) is 0 Å². The Morgan fingerprint density at radius 2 is 2.05 bits per heavy atom. The van der Waals surface area contributed by atoms with Crippen molar-refractivity contribution in [2.24, 2.45) is 5.92 Å². The van der Waals surface area contributed by atoms with Gasteiger partial charge in [-0.1, -0.05) is 25.2 Å². The van der Waals surface area contributed by atoms with Crippen LogP contribution in [0, 0.1) is 17.6 Å². The van der Waals surface area contributed by atoms with Crippen molar-refractivity contribution in [2.75, 3.05) is 6.54 Å². The van der Waals surface area contributed by atoms with Crippen LogP contribution in [0.5, 0.6) is 0 Å². The van der Waals surface area contributed by atoms with Gasteiger partial charge in [0.1, 0.15) is 16.6 Å². The van der Waals surface area contributed by atoms with Crippen molar-refractivity contribution in [3.63, 3.8) is 0 Å². The number of nitrogens with zero attached hydrogens (tertiary/aromatic N) is 2. The Balaban J connectivity index is 2.08. The number of benzene rings is 1. The zero-order valence-corrected chi connectivity index (χ0v) is 11.6. The molecule has 0 saturated carbocycles. The first-order valence-electron chi connectivity index (χ1n) is 6.05. The van der Waals surface area contributed by atoms with Gasteiger partial charge in [-0.3, -0.25) is 0 Å². The molecule has 0 fully saturated rings. The van der Waals surface area contributed by atoms with Crippen LogP contribution in [0.25, 0.3) is 10.6 Å². The first-order valence-corrected chi connectivity index (χ1v) is 6.86. The van der Waals surface area contributed by atoms with E-state index in [0.29, 0.717) is 17.5 Å². The van der Waals surface area contributed by atoms with Gasteiger partial charge in [-0.2, -0.15) is 0 Å². The fraction of sp³-hybridized carbons (Fsp3) is 0.385. The molecule has 0 saturated heterocycles. The molecule has 0 aliphatic rings. The lowest BCUT2D eigenvalue weighted by Gasteiger charge is -2.04. The van der Waals surface area contributed by atoms with Crippen LogP contribution in [0.3, 0.4) is 0 Å². The maximum atomic E-state index is 13.6. The lowest BCUT2D eigenvalue weighted by atomic mass is 10.2. The Morgan fingerprint density at radius 1 is 1.26 bits per heavy atom. The summed E-state index contributed by atoms with van der Waals surface area (Å²) < 4.78 is 26.4. The summed E-state index contributed by atoms with van der Waals surface area (Å²) in [4.78, 5) is 0. The Morgan fingerprint density at radius 3 is 2.74 bits per heavy atom. The maximum Gasteiger partial charge on any atom is 0.150 e. The summed E-state index contributed by atoms with van der Waals surface area (Å²) in [5.74, 6) is -0.649. The number of nitrogens with one attached hydrogen (secondary N) is 1. The predicted octanol–water partition coefficient (Wildman–Crippen LogP) is 3.23. The van der Waals surface area contributed by atoms with E-state index in [9.17, 15) is 8.78 Å². The van der Waals surface area contributed by atoms with E-state index in [2.05, 4.69) is 29.4 Å². The number of hydrogen-bond acceptors (Lipinski definition) is 4. The van der Waals surface area contributed by atoms with E-state index in [1.54, 1.807) is 0 Å². The third kappa shape index (κ3) is 3.78. The predicted molar refractivity (Wildman–Crippen MR) is 71.8 cm³/mol. The summed E-state index contributed by atoms with van der Waals surface area (Å²) >= 11 is 1.31. The van der Waals surface area contributed by atoms with Gasteiger partial charge in [0.05, 0.1) is 0 Å². The van der Waals surface area contributed by atoms with Gasteiger partial charge in [-0.25, -0.2) is 8.78 Å². The van der Waals surface area contributed by atoms with Crippen molar-refractivity contribution in [3.8, 4) is 10.6 Å². The van der Waals surface area contributed by atoms with E-state index in [0.717, 1.165) is 17.6 Å². The van der Waals surface area contributed by atoms with Gasteiger partial charge in [0.2, 0.25) is 0 Å². The highest BCUT2D eigenvalue weighted by Gasteiger charge is 2.11. The van der Waals surface area contributed by atoms with Gasteiger partial charge >= 0.3 is 0 Å². The summed E-state index contributed by atoms with van der Waals surface area (Å²) in [7, 11) is 0. The van der Waals surface area contributed by atoms with Crippen molar-refractivity contribution in [2.45, 2.75) is 20.4 Å². The molecule has 0 aliphatic carbocycles. The summed E-state index contributed by atoms with van der Waals surface area (Å²) in [6.07, 6.45) is 0. The molecular weight excluding hydrogens is 268 g/mol. The molecule has 1 aromatic heterocycles. The maximum absolute atomic E-state index is 13.6. The third-order valence-corrected chi connectivity index (χ3v) is 3.41. The van der Waals surface area contributed by atoms with Crippen molar-refractivity contribution >= 4 is 11.3 Å². The van der Waals surface area contributed by atoms with Crippen molar-refractivity contribution in [1.82, 2.24) is 15.5 Å². The lowest BCUT2D eigenvalue weighted by Crippen LogP contribution is -2.18. The van der Waals surface area contributed by atoms with Gasteiger partial charge in [-0.15, -0.1) is 10.2 Å². The molecule has 0 atom stereocenters. The number of aromatic nitrogens is 2. The van der Waals surface area contributed by atoms with E-state index in [1.165, 1.54) is 23.5 Å². The van der Waals surface area contributed by atoms with Gasteiger partial charge in [0.15, 0.2) is 5.01 Å². The van der Waals surface area contributed by atoms with E-state index < -0.39 is 11.6 Å². The molecule has 0 bridgehead atoms. The average Bonchev–Trinajstić information content (AvgIpc) is 2.77. The van der Waals surface area contributed by atoms with Gasteiger partial charge in [0, 0.05) is 18.2 Å². The highest BCUT2D eigenvalue weighted by molar-refractivity contribution is 7.14. The van der Waals surface area contributed by atoms with Crippen LogP contribution in [0.2, 0.25) is 0 Å². The molecule has 1 aromatic carbocycles. The zero-order valence-electron chi connectivity index (χ0n) is 10.8. The molecular formula is C13H15F2N3S. The minimum atomic E-state index is -0.613. The molecule has 3 nitrogen and oxygen atoms in total. The van der Waals surface area contributed by atoms with Crippen molar-refractivity contribution in [3.05, 3.63) is 34.8 Å². The first-order chi connectivity index (χ1) is 9.06. The SMILES string of the molecule is CC(C)CNCc1nnc(-c2ccc(F)cc2F)s1. The second kappa shape index (κ2) is 6.16. The van der Waals surface area contributed by atoms with Crippen LogP contribution in [0.15, 0.2) is 18.2 Å². The van der Waals surface area contributed by atoms with E-state index in [1.807, 2.05) is 0 Å². The molecule has 19 heavy (non-hydrogen) atoms. The molecule has 102 valence electrons. The second-order valence-electron chi connectivity index (χ2n) is 4.65. The Hall–Kier alpha value is -1.40. The molecule has 2 rings (SSSR count).